The van der Waals surface area contributed by atoms with E-state index >= 15 is 0 Å². The number of nitrogens with one attached hydrogen (secondary N) is 1. The number of para-hydroxylation sites is 1. The van der Waals surface area contributed by atoms with Gasteiger partial charge in [0, 0.05) is 25.4 Å². The van der Waals surface area contributed by atoms with E-state index < -0.39 is 11.6 Å². The number of pyridine rings is 1. The second kappa shape index (κ2) is 6.43. The highest BCUT2D eigenvalue weighted by Gasteiger charge is 2.16. The van der Waals surface area contributed by atoms with Crippen molar-refractivity contribution in [2.45, 2.75) is 13.5 Å². The smallest absolute Gasteiger partial charge is 0.170 e. The fourth-order valence-electron chi connectivity index (χ4n) is 1.94. The molecule has 2 rings (SSSR count). The maximum Gasteiger partial charge on any atom is 0.170 e. The summed E-state index contributed by atoms with van der Waals surface area (Å²) in [6.07, 6.45) is 1.53. The predicted molar refractivity (Wildman–Crippen MR) is 76.0 cm³/mol. The second-order valence-corrected chi connectivity index (χ2v) is 4.40. The third kappa shape index (κ3) is 2.93. The highest BCUT2D eigenvalue weighted by Crippen LogP contribution is 2.27. The van der Waals surface area contributed by atoms with Crippen molar-refractivity contribution >= 4 is 11.5 Å². The summed E-state index contributed by atoms with van der Waals surface area (Å²) in [4.78, 5) is 5.44. The van der Waals surface area contributed by atoms with E-state index in [1.807, 2.05) is 6.92 Å². The Balaban J connectivity index is 2.35. The van der Waals surface area contributed by atoms with Crippen molar-refractivity contribution in [1.82, 2.24) is 10.3 Å². The first-order valence-corrected chi connectivity index (χ1v) is 6.47. The zero-order chi connectivity index (χ0) is 14.5. The topological polar surface area (TPSA) is 28.2 Å². The lowest BCUT2D eigenvalue weighted by Crippen LogP contribution is -2.18. The van der Waals surface area contributed by atoms with Crippen molar-refractivity contribution in [3.8, 4) is 0 Å². The van der Waals surface area contributed by atoms with Gasteiger partial charge in [-0.1, -0.05) is 19.1 Å². The number of aromatic nitrogens is 1. The highest BCUT2D eigenvalue weighted by atomic mass is 19.1. The molecular formula is C15H17F2N3. The van der Waals surface area contributed by atoms with Gasteiger partial charge in [-0.25, -0.2) is 13.8 Å². The van der Waals surface area contributed by atoms with E-state index in [9.17, 15) is 8.78 Å². The van der Waals surface area contributed by atoms with Crippen LogP contribution >= 0.6 is 0 Å². The van der Waals surface area contributed by atoms with Gasteiger partial charge < -0.3 is 10.2 Å². The van der Waals surface area contributed by atoms with Crippen molar-refractivity contribution < 1.29 is 8.78 Å². The summed E-state index contributed by atoms with van der Waals surface area (Å²) in [6.45, 7) is 3.12. The summed E-state index contributed by atoms with van der Waals surface area (Å²) in [5, 5.41) is 3.06. The summed E-state index contributed by atoms with van der Waals surface area (Å²) < 4.78 is 28.2. The number of benzene rings is 1. The molecule has 0 amide bonds. The van der Waals surface area contributed by atoms with Crippen molar-refractivity contribution in [1.29, 1.82) is 0 Å². The fraction of sp³-hybridized carbons (Fsp3) is 0.267. The number of hydrogen-bond donors (Lipinski definition) is 1. The zero-order valence-electron chi connectivity index (χ0n) is 11.5. The number of hydrogen-bond acceptors (Lipinski definition) is 3. The molecule has 0 saturated carbocycles. The molecule has 1 aromatic heterocycles. The quantitative estimate of drug-likeness (QED) is 0.909. The maximum atomic E-state index is 14.4. The Morgan fingerprint density at radius 1 is 1.20 bits per heavy atom. The average Bonchev–Trinajstić information content (AvgIpc) is 2.46. The number of rotatable bonds is 5. The second-order valence-electron chi connectivity index (χ2n) is 4.40. The van der Waals surface area contributed by atoms with Crippen LogP contribution in [0.15, 0.2) is 36.5 Å². The van der Waals surface area contributed by atoms with Gasteiger partial charge in [-0.15, -0.1) is 0 Å². The van der Waals surface area contributed by atoms with Crippen LogP contribution in [0.25, 0.3) is 0 Å². The Bertz CT molecular complexity index is 587. The molecular weight excluding hydrogens is 260 g/mol. The van der Waals surface area contributed by atoms with E-state index in [0.717, 1.165) is 6.54 Å². The van der Waals surface area contributed by atoms with Gasteiger partial charge in [-0.2, -0.15) is 0 Å². The molecule has 0 aliphatic carbocycles. The molecule has 0 radical (unpaired) electrons. The van der Waals surface area contributed by atoms with Crippen molar-refractivity contribution in [2.24, 2.45) is 0 Å². The molecule has 106 valence electrons. The maximum absolute atomic E-state index is 14.4. The lowest BCUT2D eigenvalue weighted by molar-refractivity contribution is 0.585. The summed E-state index contributed by atoms with van der Waals surface area (Å²) in [5.41, 5.74) is 0.805. The van der Waals surface area contributed by atoms with Gasteiger partial charge in [0.25, 0.3) is 0 Å². The van der Waals surface area contributed by atoms with E-state index in [4.69, 9.17) is 0 Å². The van der Waals surface area contributed by atoms with Crippen LogP contribution < -0.4 is 10.2 Å². The van der Waals surface area contributed by atoms with E-state index in [1.54, 1.807) is 31.3 Å². The standard InChI is InChI=1S/C15H17F2N3/c1-3-18-10-11-8-9-19-15(14(11)17)20(2)13-7-5-4-6-12(13)16/h4-9,18H,3,10H2,1-2H3. The van der Waals surface area contributed by atoms with Crippen LogP contribution in [0.5, 0.6) is 0 Å². The van der Waals surface area contributed by atoms with Gasteiger partial charge in [0.1, 0.15) is 5.82 Å². The molecule has 0 unspecified atom stereocenters. The number of nitrogens with zero attached hydrogens (tertiary/aromatic N) is 2. The summed E-state index contributed by atoms with van der Waals surface area (Å²) in [7, 11) is 1.60. The molecule has 1 aromatic carbocycles. The average molecular weight is 277 g/mol. The minimum Gasteiger partial charge on any atom is -0.325 e. The molecule has 1 N–H and O–H groups in total. The first-order chi connectivity index (χ1) is 9.65. The molecule has 5 heteroatoms. The van der Waals surface area contributed by atoms with Crippen LogP contribution in [0, 0.1) is 11.6 Å². The van der Waals surface area contributed by atoms with Crippen LogP contribution in [0.1, 0.15) is 12.5 Å². The Kier molecular flexibility index (Phi) is 4.63. The first-order valence-electron chi connectivity index (χ1n) is 6.47. The molecule has 0 aliphatic heterocycles. The number of anilines is 2. The van der Waals surface area contributed by atoms with Gasteiger partial charge in [0.05, 0.1) is 5.69 Å². The lowest BCUT2D eigenvalue weighted by Gasteiger charge is -2.20. The highest BCUT2D eigenvalue weighted by molar-refractivity contribution is 5.60. The molecule has 1 heterocycles. The van der Waals surface area contributed by atoms with Crippen LogP contribution in [-0.4, -0.2) is 18.6 Å². The molecule has 2 aromatic rings. The van der Waals surface area contributed by atoms with Crippen LogP contribution in [0.4, 0.5) is 20.3 Å². The molecule has 0 saturated heterocycles. The summed E-state index contributed by atoms with van der Waals surface area (Å²) in [6, 6.07) is 7.85. The third-order valence-corrected chi connectivity index (χ3v) is 3.05. The molecule has 0 fully saturated rings. The monoisotopic (exact) mass is 277 g/mol. The van der Waals surface area contributed by atoms with E-state index in [2.05, 4.69) is 10.3 Å². The van der Waals surface area contributed by atoms with Crippen molar-refractivity contribution in [2.75, 3.05) is 18.5 Å². The zero-order valence-corrected chi connectivity index (χ0v) is 11.5. The van der Waals surface area contributed by atoms with Gasteiger partial charge in [0.2, 0.25) is 0 Å². The van der Waals surface area contributed by atoms with E-state index in [-0.39, 0.29) is 5.82 Å². The van der Waals surface area contributed by atoms with E-state index in [0.29, 0.717) is 17.8 Å². The van der Waals surface area contributed by atoms with Gasteiger partial charge in [-0.3, -0.25) is 0 Å². The lowest BCUT2D eigenvalue weighted by atomic mass is 10.2. The Hall–Kier alpha value is -2.01. The first kappa shape index (κ1) is 14.4. The summed E-state index contributed by atoms with van der Waals surface area (Å²) in [5.74, 6) is -0.724. The fourth-order valence-corrected chi connectivity index (χ4v) is 1.94. The predicted octanol–water partition coefficient (Wildman–Crippen LogP) is 3.24. The molecule has 0 atom stereocenters. The Labute approximate surface area is 117 Å². The molecule has 3 nitrogen and oxygen atoms in total. The molecule has 20 heavy (non-hydrogen) atoms. The summed E-state index contributed by atoms with van der Waals surface area (Å²) >= 11 is 0. The number of halogens is 2. The van der Waals surface area contributed by atoms with Crippen LogP contribution in [0.3, 0.4) is 0 Å². The third-order valence-electron chi connectivity index (χ3n) is 3.05. The van der Waals surface area contributed by atoms with E-state index in [1.165, 1.54) is 17.2 Å². The normalized spacial score (nSPS) is 10.6. The van der Waals surface area contributed by atoms with Gasteiger partial charge in [-0.05, 0) is 24.7 Å². The Morgan fingerprint density at radius 3 is 2.65 bits per heavy atom. The largest absolute Gasteiger partial charge is 0.325 e. The van der Waals surface area contributed by atoms with Crippen molar-refractivity contribution in [3.63, 3.8) is 0 Å². The minimum atomic E-state index is -0.431. The SMILES string of the molecule is CCNCc1ccnc(N(C)c2ccccc2F)c1F. The molecule has 0 spiro atoms. The van der Waals surface area contributed by atoms with Crippen LogP contribution in [0.2, 0.25) is 0 Å². The minimum absolute atomic E-state index is 0.116. The molecule has 0 aliphatic rings. The van der Waals surface area contributed by atoms with Crippen LogP contribution in [-0.2, 0) is 6.54 Å². The van der Waals surface area contributed by atoms with Gasteiger partial charge in [0.15, 0.2) is 11.6 Å². The Morgan fingerprint density at radius 2 is 1.95 bits per heavy atom. The van der Waals surface area contributed by atoms with Crippen molar-refractivity contribution in [3.05, 3.63) is 53.7 Å². The van der Waals surface area contributed by atoms with Gasteiger partial charge >= 0.3 is 0 Å². The molecule has 0 bridgehead atoms.